The van der Waals surface area contributed by atoms with Crippen molar-refractivity contribution in [3.05, 3.63) is 58.6 Å². The summed E-state index contributed by atoms with van der Waals surface area (Å²) in [5, 5.41) is 0.527. The van der Waals surface area contributed by atoms with Gasteiger partial charge < -0.3 is 9.47 Å². The predicted molar refractivity (Wildman–Crippen MR) is 83.8 cm³/mol. The lowest BCUT2D eigenvalue weighted by molar-refractivity contribution is 0.0841. The number of hydrogen-bond donors (Lipinski definition) is 2. The summed E-state index contributed by atoms with van der Waals surface area (Å²) in [7, 11) is 0. The van der Waals surface area contributed by atoms with E-state index in [1.807, 2.05) is 0 Å². The van der Waals surface area contributed by atoms with E-state index in [0.717, 1.165) is 0 Å². The van der Waals surface area contributed by atoms with Crippen molar-refractivity contribution in [1.29, 1.82) is 0 Å². The molecule has 0 bridgehead atoms. The molecule has 0 saturated heterocycles. The fraction of sp³-hybridized carbons (Fsp3) is 0.125. The van der Waals surface area contributed by atoms with Crippen molar-refractivity contribution >= 4 is 23.4 Å². The number of halogens is 1. The number of para-hydroxylation sites is 1. The van der Waals surface area contributed by atoms with Crippen LogP contribution in [-0.4, -0.2) is 25.0 Å². The molecule has 2 aromatic carbocycles. The molecule has 7 heteroatoms. The van der Waals surface area contributed by atoms with Gasteiger partial charge in [-0.2, -0.15) is 0 Å². The lowest BCUT2D eigenvalue weighted by Crippen LogP contribution is -2.41. The Balaban J connectivity index is 1.68. The molecule has 118 valence electrons. The van der Waals surface area contributed by atoms with Gasteiger partial charge in [-0.1, -0.05) is 17.7 Å². The van der Waals surface area contributed by atoms with Crippen molar-refractivity contribution in [2.45, 2.75) is 0 Å². The third-order valence-corrected chi connectivity index (χ3v) is 3.46. The van der Waals surface area contributed by atoms with Crippen LogP contribution >= 0.6 is 11.6 Å². The van der Waals surface area contributed by atoms with E-state index >= 15 is 0 Å². The number of benzene rings is 2. The fourth-order valence-corrected chi connectivity index (χ4v) is 2.23. The van der Waals surface area contributed by atoms with Gasteiger partial charge in [0.2, 0.25) is 0 Å². The van der Waals surface area contributed by atoms with Crippen LogP contribution in [0.1, 0.15) is 20.7 Å². The van der Waals surface area contributed by atoms with Gasteiger partial charge in [0.05, 0.1) is 5.56 Å². The van der Waals surface area contributed by atoms with Gasteiger partial charge in [0.25, 0.3) is 11.8 Å². The maximum Gasteiger partial charge on any atom is 0.273 e. The highest BCUT2D eigenvalue weighted by Crippen LogP contribution is 2.33. The van der Waals surface area contributed by atoms with Gasteiger partial charge in [-0.15, -0.1) is 0 Å². The smallest absolute Gasteiger partial charge is 0.273 e. The maximum absolute atomic E-state index is 12.2. The van der Waals surface area contributed by atoms with Crippen LogP contribution < -0.4 is 20.3 Å². The molecule has 0 unspecified atom stereocenters. The molecule has 0 radical (unpaired) electrons. The molecule has 23 heavy (non-hydrogen) atoms. The number of carbonyl (C=O) groups excluding carboxylic acids is 2. The first kappa shape index (κ1) is 15.2. The Kier molecular flexibility index (Phi) is 4.34. The van der Waals surface area contributed by atoms with Gasteiger partial charge in [-0.05, 0) is 36.4 Å². The van der Waals surface area contributed by atoms with E-state index in [2.05, 4.69) is 10.9 Å². The van der Waals surface area contributed by atoms with Crippen molar-refractivity contribution in [3.8, 4) is 11.5 Å². The summed E-state index contributed by atoms with van der Waals surface area (Å²) in [5.41, 5.74) is 5.37. The molecule has 0 aromatic heterocycles. The molecule has 0 fully saturated rings. The standard InChI is InChI=1S/C16H13ClN2O4/c17-11-6-4-10(5-7-11)15(20)18-19-16(21)12-2-1-3-13-14(12)23-9-8-22-13/h1-7H,8-9H2,(H,18,20)(H,19,21). The van der Waals surface area contributed by atoms with Crippen molar-refractivity contribution < 1.29 is 19.1 Å². The number of ether oxygens (including phenoxy) is 2. The second-order valence-corrected chi connectivity index (χ2v) is 5.18. The normalized spacial score (nSPS) is 12.4. The minimum absolute atomic E-state index is 0.290. The molecule has 0 atom stereocenters. The van der Waals surface area contributed by atoms with Gasteiger partial charge in [0.1, 0.15) is 13.2 Å². The van der Waals surface area contributed by atoms with Crippen LogP contribution in [0.5, 0.6) is 11.5 Å². The van der Waals surface area contributed by atoms with Gasteiger partial charge >= 0.3 is 0 Å². The Morgan fingerprint density at radius 2 is 1.61 bits per heavy atom. The molecule has 3 rings (SSSR count). The first-order chi connectivity index (χ1) is 11.1. The Bertz CT molecular complexity index is 746. The van der Waals surface area contributed by atoms with Crippen molar-refractivity contribution in [2.24, 2.45) is 0 Å². The van der Waals surface area contributed by atoms with Crippen LogP contribution in [0.2, 0.25) is 5.02 Å². The predicted octanol–water partition coefficient (Wildman–Crippen LogP) is 2.19. The van der Waals surface area contributed by atoms with Crippen LogP contribution in [0.15, 0.2) is 42.5 Å². The zero-order valence-corrected chi connectivity index (χ0v) is 12.7. The number of nitrogens with one attached hydrogen (secondary N) is 2. The molecule has 6 nitrogen and oxygen atoms in total. The molecule has 0 spiro atoms. The van der Waals surface area contributed by atoms with Gasteiger partial charge in [0, 0.05) is 10.6 Å². The topological polar surface area (TPSA) is 76.7 Å². The number of carbonyl (C=O) groups is 2. The van der Waals surface area contributed by atoms with Crippen LogP contribution in [0.4, 0.5) is 0 Å². The first-order valence-electron chi connectivity index (χ1n) is 6.90. The molecule has 1 aliphatic rings. The highest BCUT2D eigenvalue weighted by atomic mass is 35.5. The molecule has 2 aromatic rings. The van der Waals surface area contributed by atoms with E-state index in [4.69, 9.17) is 21.1 Å². The van der Waals surface area contributed by atoms with Crippen LogP contribution in [-0.2, 0) is 0 Å². The molecule has 2 N–H and O–H groups in total. The Hall–Kier alpha value is -2.73. The van der Waals surface area contributed by atoms with Crippen LogP contribution in [0, 0.1) is 0 Å². The average molecular weight is 333 g/mol. The summed E-state index contributed by atoms with van der Waals surface area (Å²) in [4.78, 5) is 24.2. The van der Waals surface area contributed by atoms with E-state index in [0.29, 0.717) is 40.9 Å². The fourth-order valence-electron chi connectivity index (χ4n) is 2.11. The molecule has 1 aliphatic heterocycles. The molecule has 0 aliphatic carbocycles. The summed E-state index contributed by atoms with van der Waals surface area (Å²) in [6.45, 7) is 0.805. The summed E-state index contributed by atoms with van der Waals surface area (Å²) < 4.78 is 10.9. The van der Waals surface area contributed by atoms with E-state index < -0.39 is 11.8 Å². The van der Waals surface area contributed by atoms with Crippen molar-refractivity contribution in [2.75, 3.05) is 13.2 Å². The van der Waals surface area contributed by atoms with E-state index in [1.54, 1.807) is 42.5 Å². The monoisotopic (exact) mass is 332 g/mol. The summed E-state index contributed by atoms with van der Waals surface area (Å²) in [6, 6.07) is 11.3. The lowest BCUT2D eigenvalue weighted by atomic mass is 10.1. The third-order valence-electron chi connectivity index (χ3n) is 3.21. The van der Waals surface area contributed by atoms with Crippen LogP contribution in [0.25, 0.3) is 0 Å². The van der Waals surface area contributed by atoms with Crippen LogP contribution in [0.3, 0.4) is 0 Å². The van der Waals surface area contributed by atoms with Gasteiger partial charge in [-0.3, -0.25) is 20.4 Å². The zero-order chi connectivity index (χ0) is 16.2. The number of hydrogen-bond acceptors (Lipinski definition) is 4. The number of fused-ring (bicyclic) bond motifs is 1. The first-order valence-corrected chi connectivity index (χ1v) is 7.28. The summed E-state index contributed by atoms with van der Waals surface area (Å²) in [6.07, 6.45) is 0. The Morgan fingerprint density at radius 3 is 2.39 bits per heavy atom. The molecule has 1 heterocycles. The zero-order valence-electron chi connectivity index (χ0n) is 12.0. The molecular formula is C16H13ClN2O4. The highest BCUT2D eigenvalue weighted by Gasteiger charge is 2.20. The lowest BCUT2D eigenvalue weighted by Gasteiger charge is -2.20. The third kappa shape index (κ3) is 3.37. The minimum atomic E-state index is -0.491. The maximum atomic E-state index is 12.2. The van der Waals surface area contributed by atoms with E-state index in [1.165, 1.54) is 0 Å². The second kappa shape index (κ2) is 6.58. The number of hydrazine groups is 1. The minimum Gasteiger partial charge on any atom is -0.486 e. The van der Waals surface area contributed by atoms with Gasteiger partial charge in [-0.25, -0.2) is 0 Å². The Labute approximate surface area is 137 Å². The number of amides is 2. The molecular weight excluding hydrogens is 320 g/mol. The number of rotatable bonds is 2. The summed E-state index contributed by atoms with van der Waals surface area (Å²) >= 11 is 5.76. The SMILES string of the molecule is O=C(NNC(=O)c1cccc2c1OCCO2)c1ccc(Cl)cc1. The van der Waals surface area contributed by atoms with Crippen molar-refractivity contribution in [1.82, 2.24) is 10.9 Å². The second-order valence-electron chi connectivity index (χ2n) is 4.74. The summed E-state index contributed by atoms with van der Waals surface area (Å²) in [5.74, 6) is -0.0587. The largest absolute Gasteiger partial charge is 0.486 e. The van der Waals surface area contributed by atoms with E-state index in [9.17, 15) is 9.59 Å². The van der Waals surface area contributed by atoms with Gasteiger partial charge in [0.15, 0.2) is 11.5 Å². The quantitative estimate of drug-likeness (QED) is 0.826. The molecule has 2 amide bonds. The Morgan fingerprint density at radius 1 is 0.913 bits per heavy atom. The van der Waals surface area contributed by atoms with E-state index in [-0.39, 0.29) is 0 Å². The highest BCUT2D eigenvalue weighted by molar-refractivity contribution is 6.30. The van der Waals surface area contributed by atoms with Crippen molar-refractivity contribution in [3.63, 3.8) is 0 Å². The average Bonchev–Trinajstić information content (AvgIpc) is 2.59. The molecule has 0 saturated carbocycles.